The van der Waals surface area contributed by atoms with Gasteiger partial charge in [0.1, 0.15) is 0 Å². The maximum absolute atomic E-state index is 11.3. The van der Waals surface area contributed by atoms with Crippen LogP contribution in [0.15, 0.2) is 0 Å². The molecule has 16 heavy (non-hydrogen) atoms. The number of amides is 2. The van der Waals surface area contributed by atoms with Crippen LogP contribution in [0.1, 0.15) is 20.3 Å². The Hall–Kier alpha value is -1.61. The lowest BCUT2D eigenvalue weighted by atomic mass is 10.4. The number of carbonyl (C=O) groups is 2. The molecule has 0 spiro atoms. The third kappa shape index (κ3) is 6.79. The van der Waals surface area contributed by atoms with E-state index in [1.54, 1.807) is 6.92 Å². The third-order valence-electron chi connectivity index (χ3n) is 2.02. The van der Waals surface area contributed by atoms with E-state index >= 15 is 0 Å². The molecule has 0 saturated heterocycles. The van der Waals surface area contributed by atoms with Crippen molar-refractivity contribution in [2.45, 2.75) is 20.3 Å². The summed E-state index contributed by atoms with van der Waals surface area (Å²) in [6.07, 6.45) is -0.321. The largest absolute Gasteiger partial charge is 0.450 e. The van der Waals surface area contributed by atoms with E-state index in [1.807, 2.05) is 13.0 Å². The summed E-state index contributed by atoms with van der Waals surface area (Å²) in [5.74, 6) is -0.381. The van der Waals surface area contributed by atoms with Crippen molar-refractivity contribution in [1.29, 1.82) is 5.26 Å². The summed E-state index contributed by atoms with van der Waals surface area (Å²) in [7, 11) is 0. The molecule has 0 bridgehead atoms. The van der Waals surface area contributed by atoms with Gasteiger partial charge in [0.2, 0.25) is 0 Å². The molecule has 0 rings (SSSR count). The number of alkyl carbamates (subject to hydrolysis) is 1. The highest BCUT2D eigenvalue weighted by Crippen LogP contribution is 1.75. The summed E-state index contributed by atoms with van der Waals surface area (Å²) in [4.78, 5) is 23.2. The van der Waals surface area contributed by atoms with Gasteiger partial charge in [-0.05, 0) is 13.8 Å². The first kappa shape index (κ1) is 14.4. The van der Waals surface area contributed by atoms with Gasteiger partial charge in [0.25, 0.3) is 5.91 Å². The van der Waals surface area contributed by atoms with E-state index in [0.29, 0.717) is 13.0 Å². The highest BCUT2D eigenvalue weighted by molar-refractivity contribution is 5.92. The number of hydrogen-bond acceptors (Lipinski definition) is 4. The normalized spacial score (nSPS) is 11.3. The Balaban J connectivity index is 3.91. The zero-order chi connectivity index (χ0) is 12.4. The standard InChI is InChI=1S/C10H17N3O3/c1-3-13(7-5-6-11)8-9(14)12-10(15)16-4-2/h3-5,7-8H2,1-2H3,(H,12,14,15)/p+1. The molecule has 0 fully saturated rings. The molecule has 0 aromatic heterocycles. The number of imide groups is 1. The molecule has 0 aliphatic heterocycles. The molecule has 0 radical (unpaired) electrons. The number of rotatable bonds is 6. The van der Waals surface area contributed by atoms with Crippen LogP contribution in [0.4, 0.5) is 4.79 Å². The van der Waals surface area contributed by atoms with Gasteiger partial charge in [0.05, 0.1) is 32.2 Å². The average Bonchev–Trinajstić information content (AvgIpc) is 2.24. The summed E-state index contributed by atoms with van der Waals surface area (Å²) in [6, 6.07) is 2.02. The number of carbonyl (C=O) groups excluding carboxylic acids is 2. The maximum atomic E-state index is 11.3. The highest BCUT2D eigenvalue weighted by Gasteiger charge is 2.14. The molecule has 0 saturated carbocycles. The number of nitrogens with one attached hydrogen (secondary N) is 2. The molecule has 2 amide bonds. The molecule has 0 aliphatic carbocycles. The zero-order valence-electron chi connectivity index (χ0n) is 9.71. The van der Waals surface area contributed by atoms with Gasteiger partial charge in [-0.3, -0.25) is 10.1 Å². The van der Waals surface area contributed by atoms with Crippen LogP contribution in [0.3, 0.4) is 0 Å². The lowest BCUT2D eigenvalue weighted by Crippen LogP contribution is -3.12. The minimum atomic E-state index is -0.719. The number of likely N-dealkylation sites (N-methyl/N-ethyl adjacent to an activating group) is 1. The van der Waals surface area contributed by atoms with E-state index < -0.39 is 6.09 Å². The van der Waals surface area contributed by atoms with Gasteiger partial charge >= 0.3 is 6.09 Å². The second-order valence-electron chi connectivity index (χ2n) is 3.21. The van der Waals surface area contributed by atoms with Crippen molar-refractivity contribution >= 4 is 12.0 Å². The summed E-state index contributed by atoms with van der Waals surface area (Å²) < 4.78 is 4.58. The summed E-state index contributed by atoms with van der Waals surface area (Å²) in [5, 5.41) is 10.5. The average molecular weight is 228 g/mol. The first-order valence-corrected chi connectivity index (χ1v) is 5.31. The Morgan fingerprint density at radius 3 is 2.62 bits per heavy atom. The van der Waals surface area contributed by atoms with Crippen molar-refractivity contribution in [2.75, 3.05) is 26.2 Å². The second kappa shape index (κ2) is 8.68. The quantitative estimate of drug-likeness (QED) is 0.615. The first-order chi connectivity index (χ1) is 7.63. The molecule has 0 heterocycles. The van der Waals surface area contributed by atoms with Crippen LogP contribution < -0.4 is 10.2 Å². The van der Waals surface area contributed by atoms with E-state index in [-0.39, 0.29) is 19.1 Å². The molecule has 6 nitrogen and oxygen atoms in total. The van der Waals surface area contributed by atoms with Gasteiger partial charge in [0.15, 0.2) is 6.54 Å². The number of nitriles is 1. The second-order valence-corrected chi connectivity index (χ2v) is 3.21. The van der Waals surface area contributed by atoms with Gasteiger partial charge in [-0.2, -0.15) is 5.26 Å². The molecule has 0 aromatic rings. The van der Waals surface area contributed by atoms with Crippen LogP contribution in [0, 0.1) is 11.3 Å². The van der Waals surface area contributed by atoms with Crippen LogP contribution in [-0.4, -0.2) is 38.2 Å². The highest BCUT2D eigenvalue weighted by atomic mass is 16.5. The summed E-state index contributed by atoms with van der Waals surface area (Å²) >= 11 is 0. The van der Waals surface area contributed by atoms with E-state index in [9.17, 15) is 9.59 Å². The van der Waals surface area contributed by atoms with Gasteiger partial charge in [-0.25, -0.2) is 4.79 Å². The van der Waals surface area contributed by atoms with Crippen LogP contribution in [-0.2, 0) is 9.53 Å². The number of nitrogens with zero attached hydrogens (tertiary/aromatic N) is 1. The molecule has 0 aliphatic rings. The molecule has 2 N–H and O–H groups in total. The minimum absolute atomic E-state index is 0.178. The fourth-order valence-electron chi connectivity index (χ4n) is 1.18. The number of hydrogen-bond donors (Lipinski definition) is 2. The Morgan fingerprint density at radius 2 is 2.12 bits per heavy atom. The number of quaternary nitrogens is 1. The molecular formula is C10H18N3O3+. The van der Waals surface area contributed by atoms with Crippen molar-refractivity contribution in [1.82, 2.24) is 5.32 Å². The van der Waals surface area contributed by atoms with Crippen molar-refractivity contribution in [3.05, 3.63) is 0 Å². The Labute approximate surface area is 95.2 Å². The third-order valence-corrected chi connectivity index (χ3v) is 2.02. The molecule has 6 heteroatoms. The van der Waals surface area contributed by atoms with E-state index in [0.717, 1.165) is 11.4 Å². The van der Waals surface area contributed by atoms with Crippen LogP contribution >= 0.6 is 0 Å². The van der Waals surface area contributed by atoms with E-state index in [2.05, 4.69) is 10.1 Å². The maximum Gasteiger partial charge on any atom is 0.414 e. The van der Waals surface area contributed by atoms with Crippen molar-refractivity contribution in [3.63, 3.8) is 0 Å². The fourth-order valence-corrected chi connectivity index (χ4v) is 1.18. The van der Waals surface area contributed by atoms with Crippen molar-refractivity contribution in [3.8, 4) is 6.07 Å². The molecule has 90 valence electrons. The lowest BCUT2D eigenvalue weighted by molar-refractivity contribution is -0.889. The monoisotopic (exact) mass is 228 g/mol. The Morgan fingerprint density at radius 1 is 1.44 bits per heavy atom. The summed E-state index contributed by atoms with van der Waals surface area (Å²) in [6.45, 7) is 5.33. The fraction of sp³-hybridized carbons (Fsp3) is 0.700. The van der Waals surface area contributed by atoms with Crippen LogP contribution in [0.25, 0.3) is 0 Å². The van der Waals surface area contributed by atoms with Gasteiger partial charge < -0.3 is 9.64 Å². The smallest absolute Gasteiger partial charge is 0.414 e. The van der Waals surface area contributed by atoms with E-state index in [4.69, 9.17) is 5.26 Å². The molecule has 1 atom stereocenters. The van der Waals surface area contributed by atoms with Crippen LogP contribution in [0.5, 0.6) is 0 Å². The van der Waals surface area contributed by atoms with Gasteiger partial charge in [-0.15, -0.1) is 0 Å². The van der Waals surface area contributed by atoms with E-state index in [1.165, 1.54) is 0 Å². The molecule has 0 aromatic carbocycles. The predicted octanol–water partition coefficient (Wildman–Crippen LogP) is -0.922. The lowest BCUT2D eigenvalue weighted by Gasteiger charge is -2.15. The van der Waals surface area contributed by atoms with Gasteiger partial charge in [0, 0.05) is 0 Å². The number of ether oxygens (including phenoxy) is 1. The topological polar surface area (TPSA) is 83.6 Å². The predicted molar refractivity (Wildman–Crippen MR) is 56.6 cm³/mol. The van der Waals surface area contributed by atoms with Crippen molar-refractivity contribution < 1.29 is 19.2 Å². The van der Waals surface area contributed by atoms with Crippen molar-refractivity contribution in [2.24, 2.45) is 0 Å². The summed E-state index contributed by atoms with van der Waals surface area (Å²) in [5.41, 5.74) is 0. The van der Waals surface area contributed by atoms with Crippen LogP contribution in [0.2, 0.25) is 0 Å². The SMILES string of the molecule is CCOC(=O)NC(=O)C[NH+](CC)CCC#N. The molecule has 1 unspecified atom stereocenters. The Kier molecular flexibility index (Phi) is 7.81. The minimum Gasteiger partial charge on any atom is -0.450 e. The first-order valence-electron chi connectivity index (χ1n) is 5.31. The Bertz CT molecular complexity index is 273. The van der Waals surface area contributed by atoms with Gasteiger partial charge in [-0.1, -0.05) is 0 Å². The molecular weight excluding hydrogens is 210 g/mol. The zero-order valence-corrected chi connectivity index (χ0v) is 9.71.